The lowest BCUT2D eigenvalue weighted by atomic mass is 10.1. The first-order valence-electron chi connectivity index (χ1n) is 8.28. The van der Waals surface area contributed by atoms with E-state index < -0.39 is 6.23 Å². The van der Waals surface area contributed by atoms with Crippen LogP contribution in [0.15, 0.2) is 52.1 Å². The first-order chi connectivity index (χ1) is 13.5. The summed E-state index contributed by atoms with van der Waals surface area (Å²) in [5, 5.41) is 8.85. The van der Waals surface area contributed by atoms with E-state index >= 15 is 0 Å². The number of hydrogen-bond donors (Lipinski definition) is 0. The molecule has 1 amide bonds. The van der Waals surface area contributed by atoms with Gasteiger partial charge in [-0.2, -0.15) is 4.98 Å². The van der Waals surface area contributed by atoms with Crippen molar-refractivity contribution in [2.24, 2.45) is 0 Å². The standard InChI is InChI=1S/C19H14BrFN4O2S/c1-10(26)25-15-8-5-12(20)9-14(15)16-17(22-19(28-2)24-23-16)27-18(25)11-3-6-13(21)7-4-11/h3-9,18H,1-2H3/t18-/m0/s1. The average molecular weight is 461 g/mol. The first-order valence-corrected chi connectivity index (χ1v) is 10.3. The fraction of sp³-hybridized carbons (Fsp3) is 0.158. The van der Waals surface area contributed by atoms with Gasteiger partial charge in [0.05, 0.1) is 5.69 Å². The number of nitrogens with zero attached hydrogens (tertiary/aromatic N) is 4. The Morgan fingerprint density at radius 3 is 2.64 bits per heavy atom. The summed E-state index contributed by atoms with van der Waals surface area (Å²) < 4.78 is 20.4. The Bertz CT molecular complexity index is 1060. The summed E-state index contributed by atoms with van der Waals surface area (Å²) in [5.41, 5.74) is 2.32. The zero-order valence-electron chi connectivity index (χ0n) is 14.9. The molecular weight excluding hydrogens is 447 g/mol. The molecule has 0 bridgehead atoms. The number of carbonyl (C=O) groups excluding carboxylic acids is 1. The zero-order chi connectivity index (χ0) is 19.8. The highest BCUT2D eigenvalue weighted by molar-refractivity contribution is 9.10. The molecule has 3 aromatic rings. The third-order valence-corrected chi connectivity index (χ3v) is 5.27. The molecule has 142 valence electrons. The van der Waals surface area contributed by atoms with Crippen molar-refractivity contribution in [3.8, 4) is 17.1 Å². The van der Waals surface area contributed by atoms with Gasteiger partial charge in [0.2, 0.25) is 23.2 Å². The molecule has 28 heavy (non-hydrogen) atoms. The van der Waals surface area contributed by atoms with Crippen molar-refractivity contribution >= 4 is 39.3 Å². The molecule has 0 aliphatic carbocycles. The van der Waals surface area contributed by atoms with Crippen molar-refractivity contribution in [1.82, 2.24) is 15.2 Å². The Balaban J connectivity index is 1.98. The highest BCUT2D eigenvalue weighted by Gasteiger charge is 2.34. The van der Waals surface area contributed by atoms with Crippen molar-refractivity contribution < 1.29 is 13.9 Å². The van der Waals surface area contributed by atoms with Gasteiger partial charge in [-0.15, -0.1) is 10.2 Å². The normalized spacial score (nSPS) is 15.3. The smallest absolute Gasteiger partial charge is 0.247 e. The summed E-state index contributed by atoms with van der Waals surface area (Å²) in [6, 6.07) is 11.3. The van der Waals surface area contributed by atoms with Crippen LogP contribution in [-0.2, 0) is 4.79 Å². The summed E-state index contributed by atoms with van der Waals surface area (Å²) in [6.45, 7) is 1.45. The minimum Gasteiger partial charge on any atom is -0.447 e. The van der Waals surface area contributed by atoms with E-state index in [0.717, 1.165) is 4.47 Å². The highest BCUT2D eigenvalue weighted by Crippen LogP contribution is 2.44. The van der Waals surface area contributed by atoms with Gasteiger partial charge >= 0.3 is 0 Å². The summed E-state index contributed by atoms with van der Waals surface area (Å²) in [7, 11) is 0. The van der Waals surface area contributed by atoms with Gasteiger partial charge in [-0.25, -0.2) is 4.39 Å². The van der Waals surface area contributed by atoms with Crippen LogP contribution in [0.3, 0.4) is 0 Å². The van der Waals surface area contributed by atoms with Crippen molar-refractivity contribution in [1.29, 1.82) is 0 Å². The van der Waals surface area contributed by atoms with Gasteiger partial charge in [0, 0.05) is 22.5 Å². The van der Waals surface area contributed by atoms with E-state index in [0.29, 0.717) is 27.7 Å². The Hall–Kier alpha value is -2.52. The molecule has 4 rings (SSSR count). The Kier molecular flexibility index (Phi) is 5.03. The maximum atomic E-state index is 13.5. The molecule has 2 heterocycles. The van der Waals surface area contributed by atoms with Gasteiger partial charge in [-0.05, 0) is 36.6 Å². The van der Waals surface area contributed by atoms with Crippen LogP contribution in [0.4, 0.5) is 10.1 Å². The van der Waals surface area contributed by atoms with E-state index in [2.05, 4.69) is 31.1 Å². The van der Waals surface area contributed by atoms with Crippen molar-refractivity contribution in [2.45, 2.75) is 18.3 Å². The van der Waals surface area contributed by atoms with E-state index in [4.69, 9.17) is 4.74 Å². The van der Waals surface area contributed by atoms with Gasteiger partial charge < -0.3 is 4.74 Å². The van der Waals surface area contributed by atoms with Crippen LogP contribution in [0.25, 0.3) is 11.3 Å². The molecule has 0 fully saturated rings. The SMILES string of the molecule is CSc1nnc2c(n1)O[C@@H](c1ccc(F)cc1)N(C(C)=O)c1ccc(Br)cc1-2. The molecule has 1 aliphatic heterocycles. The fourth-order valence-electron chi connectivity index (χ4n) is 3.01. The molecule has 2 aromatic carbocycles. The van der Waals surface area contributed by atoms with Crippen molar-refractivity contribution in [3.63, 3.8) is 0 Å². The maximum Gasteiger partial charge on any atom is 0.247 e. The largest absolute Gasteiger partial charge is 0.447 e. The second-order valence-corrected chi connectivity index (χ2v) is 7.71. The third kappa shape index (κ3) is 3.35. The van der Waals surface area contributed by atoms with Crippen LogP contribution in [0.1, 0.15) is 18.7 Å². The molecule has 1 aromatic heterocycles. The quantitative estimate of drug-likeness (QED) is 0.520. The Labute approximate surface area is 173 Å². The molecule has 0 saturated heterocycles. The lowest BCUT2D eigenvalue weighted by Gasteiger charge is -2.29. The van der Waals surface area contributed by atoms with Gasteiger partial charge in [-0.3, -0.25) is 9.69 Å². The Morgan fingerprint density at radius 1 is 1.21 bits per heavy atom. The number of carbonyl (C=O) groups is 1. The Morgan fingerprint density at radius 2 is 1.96 bits per heavy atom. The molecule has 1 aliphatic rings. The maximum absolute atomic E-state index is 13.5. The minimum atomic E-state index is -0.828. The predicted molar refractivity (Wildman–Crippen MR) is 108 cm³/mol. The second-order valence-electron chi connectivity index (χ2n) is 6.02. The number of thioether (sulfide) groups is 1. The van der Waals surface area contributed by atoms with Crippen LogP contribution >= 0.6 is 27.7 Å². The number of halogens is 2. The van der Waals surface area contributed by atoms with Crippen LogP contribution in [0.5, 0.6) is 5.88 Å². The number of fused-ring (bicyclic) bond motifs is 3. The topological polar surface area (TPSA) is 68.2 Å². The third-order valence-electron chi connectivity index (χ3n) is 4.24. The minimum absolute atomic E-state index is 0.233. The zero-order valence-corrected chi connectivity index (χ0v) is 17.3. The number of hydrogen-bond acceptors (Lipinski definition) is 6. The van der Waals surface area contributed by atoms with Crippen molar-refractivity contribution in [3.05, 3.63) is 58.3 Å². The highest BCUT2D eigenvalue weighted by atomic mass is 79.9. The predicted octanol–water partition coefficient (Wildman–Crippen LogP) is 4.61. The van der Waals surface area contributed by atoms with Gasteiger partial charge in [0.1, 0.15) is 5.82 Å². The summed E-state index contributed by atoms with van der Waals surface area (Å²) in [4.78, 5) is 18.6. The van der Waals surface area contributed by atoms with E-state index in [1.54, 1.807) is 18.2 Å². The van der Waals surface area contributed by atoms with Gasteiger partial charge in [-0.1, -0.05) is 39.8 Å². The lowest BCUT2D eigenvalue weighted by molar-refractivity contribution is -0.118. The number of rotatable bonds is 2. The monoisotopic (exact) mass is 460 g/mol. The molecule has 0 spiro atoms. The van der Waals surface area contributed by atoms with Gasteiger partial charge in [0.15, 0.2) is 5.69 Å². The molecule has 0 radical (unpaired) electrons. The summed E-state index contributed by atoms with van der Waals surface area (Å²) in [6.07, 6.45) is 1.01. The van der Waals surface area contributed by atoms with Crippen LogP contribution in [0.2, 0.25) is 0 Å². The average Bonchev–Trinajstić information content (AvgIpc) is 2.82. The molecule has 9 heteroatoms. The molecule has 0 unspecified atom stereocenters. The molecule has 0 N–H and O–H groups in total. The van der Waals surface area contributed by atoms with E-state index in [9.17, 15) is 9.18 Å². The lowest BCUT2D eigenvalue weighted by Crippen LogP contribution is -2.36. The number of anilines is 1. The van der Waals surface area contributed by atoms with Crippen LogP contribution in [0, 0.1) is 5.82 Å². The molecule has 6 nitrogen and oxygen atoms in total. The molecule has 1 atom stereocenters. The van der Waals surface area contributed by atoms with E-state index in [1.165, 1.54) is 35.7 Å². The number of aromatic nitrogens is 3. The van der Waals surface area contributed by atoms with Gasteiger partial charge in [0.25, 0.3) is 0 Å². The first kappa shape index (κ1) is 18.8. The fourth-order valence-corrected chi connectivity index (χ4v) is 3.67. The summed E-state index contributed by atoms with van der Waals surface area (Å²) >= 11 is 4.80. The van der Waals surface area contributed by atoms with Crippen LogP contribution in [-0.4, -0.2) is 27.3 Å². The number of benzene rings is 2. The molecule has 0 saturated carbocycles. The second kappa shape index (κ2) is 7.48. The summed E-state index contributed by atoms with van der Waals surface area (Å²) in [5.74, 6) is -0.342. The van der Waals surface area contributed by atoms with Crippen molar-refractivity contribution in [2.75, 3.05) is 11.2 Å². The number of ether oxygens (including phenoxy) is 1. The molecular formula is C19H14BrFN4O2S. The van der Waals surface area contributed by atoms with E-state index in [1.807, 2.05) is 18.4 Å². The van der Waals surface area contributed by atoms with E-state index in [-0.39, 0.29) is 17.6 Å². The number of amides is 1. The van der Waals surface area contributed by atoms with Crippen LogP contribution < -0.4 is 9.64 Å².